The van der Waals surface area contributed by atoms with Crippen LogP contribution in [0.3, 0.4) is 0 Å². The minimum atomic E-state index is -0.522. The lowest BCUT2D eigenvalue weighted by Crippen LogP contribution is -2.25. The minimum absolute atomic E-state index is 0.0589. The van der Waals surface area contributed by atoms with E-state index in [1.807, 2.05) is 0 Å². The largest absolute Gasteiger partial charge is 0.460 e. The summed E-state index contributed by atoms with van der Waals surface area (Å²) in [7, 11) is 0. The third-order valence-corrected chi connectivity index (χ3v) is 1.86. The molecule has 0 amide bonds. The van der Waals surface area contributed by atoms with Gasteiger partial charge in [-0.15, -0.1) is 0 Å². The van der Waals surface area contributed by atoms with Crippen LogP contribution in [0.1, 0.15) is 26.3 Å². The summed E-state index contributed by atoms with van der Waals surface area (Å²) in [6.07, 6.45) is 0.0589. The van der Waals surface area contributed by atoms with E-state index in [0.717, 1.165) is 0 Å². The molecule has 88 valence electrons. The second-order valence-corrected chi connectivity index (χ2v) is 4.61. The fourth-order valence-electron chi connectivity index (χ4n) is 1.26. The van der Waals surface area contributed by atoms with Crippen molar-refractivity contribution in [3.63, 3.8) is 0 Å². The quantitative estimate of drug-likeness (QED) is 0.620. The zero-order chi connectivity index (χ0) is 12.3. The van der Waals surface area contributed by atoms with Gasteiger partial charge in [0.05, 0.1) is 6.42 Å². The summed E-state index contributed by atoms with van der Waals surface area (Å²) in [5, 5.41) is 0. The summed E-state index contributed by atoms with van der Waals surface area (Å²) < 4.78 is 17.9. The standard InChI is InChI=1S/C12H16FNO2/c1-12(2,3)16-11(15)6-8-4-5-9(13)7-10(8)14/h4-5,7H,6,14H2,1-3H3. The predicted molar refractivity (Wildman–Crippen MR) is 60.4 cm³/mol. The van der Waals surface area contributed by atoms with E-state index in [9.17, 15) is 9.18 Å². The SMILES string of the molecule is CC(C)(C)OC(=O)Cc1ccc(F)cc1N. The normalized spacial score (nSPS) is 11.2. The maximum absolute atomic E-state index is 12.8. The van der Waals surface area contributed by atoms with E-state index in [1.54, 1.807) is 20.8 Å². The smallest absolute Gasteiger partial charge is 0.310 e. The predicted octanol–water partition coefficient (Wildman–Crippen LogP) is 2.29. The Hall–Kier alpha value is -1.58. The Balaban J connectivity index is 2.70. The highest BCUT2D eigenvalue weighted by atomic mass is 19.1. The maximum Gasteiger partial charge on any atom is 0.310 e. The Kier molecular flexibility index (Phi) is 3.52. The number of ether oxygens (including phenoxy) is 1. The summed E-state index contributed by atoms with van der Waals surface area (Å²) in [5.74, 6) is -0.781. The molecule has 0 fully saturated rings. The van der Waals surface area contributed by atoms with E-state index < -0.39 is 11.4 Å². The molecule has 0 spiro atoms. The number of benzene rings is 1. The van der Waals surface area contributed by atoms with Crippen molar-refractivity contribution < 1.29 is 13.9 Å². The van der Waals surface area contributed by atoms with Crippen LogP contribution in [0.25, 0.3) is 0 Å². The highest BCUT2D eigenvalue weighted by molar-refractivity contribution is 5.75. The monoisotopic (exact) mass is 225 g/mol. The van der Waals surface area contributed by atoms with Crippen LogP contribution in [-0.4, -0.2) is 11.6 Å². The van der Waals surface area contributed by atoms with Gasteiger partial charge >= 0.3 is 5.97 Å². The van der Waals surface area contributed by atoms with E-state index in [0.29, 0.717) is 5.56 Å². The number of nitrogens with two attached hydrogens (primary N) is 1. The number of nitrogen functional groups attached to an aromatic ring is 1. The average Bonchev–Trinajstić information content (AvgIpc) is 2.06. The molecular weight excluding hydrogens is 209 g/mol. The minimum Gasteiger partial charge on any atom is -0.460 e. The first-order valence-electron chi connectivity index (χ1n) is 5.04. The van der Waals surface area contributed by atoms with Gasteiger partial charge in [0.15, 0.2) is 0 Å². The lowest BCUT2D eigenvalue weighted by atomic mass is 10.1. The van der Waals surface area contributed by atoms with Crippen LogP contribution >= 0.6 is 0 Å². The first kappa shape index (κ1) is 12.5. The first-order valence-corrected chi connectivity index (χ1v) is 5.04. The molecule has 2 N–H and O–H groups in total. The number of esters is 1. The molecule has 0 aliphatic rings. The van der Waals surface area contributed by atoms with Gasteiger partial charge in [0.1, 0.15) is 11.4 Å². The summed E-state index contributed by atoms with van der Waals surface area (Å²) in [6, 6.07) is 3.96. The van der Waals surface area contributed by atoms with Crippen LogP contribution in [0.5, 0.6) is 0 Å². The van der Waals surface area contributed by atoms with E-state index in [4.69, 9.17) is 10.5 Å². The summed E-state index contributed by atoms with van der Waals surface area (Å²) >= 11 is 0. The number of anilines is 1. The molecular formula is C12H16FNO2. The van der Waals surface area contributed by atoms with Crippen molar-refractivity contribution >= 4 is 11.7 Å². The van der Waals surface area contributed by atoms with E-state index in [2.05, 4.69) is 0 Å². The highest BCUT2D eigenvalue weighted by Crippen LogP contribution is 2.16. The second-order valence-electron chi connectivity index (χ2n) is 4.61. The van der Waals surface area contributed by atoms with Gasteiger partial charge < -0.3 is 10.5 Å². The number of carbonyl (C=O) groups excluding carboxylic acids is 1. The van der Waals surface area contributed by atoms with Crippen molar-refractivity contribution in [2.45, 2.75) is 32.8 Å². The van der Waals surface area contributed by atoms with Gasteiger partial charge in [0.2, 0.25) is 0 Å². The Morgan fingerprint density at radius 2 is 2.06 bits per heavy atom. The zero-order valence-electron chi connectivity index (χ0n) is 9.71. The molecule has 0 aliphatic heterocycles. The number of carbonyl (C=O) groups is 1. The Morgan fingerprint density at radius 3 is 2.56 bits per heavy atom. The van der Waals surface area contributed by atoms with Crippen LogP contribution in [0.4, 0.5) is 10.1 Å². The van der Waals surface area contributed by atoms with Crippen LogP contribution in [0.2, 0.25) is 0 Å². The molecule has 0 unspecified atom stereocenters. The fourth-order valence-corrected chi connectivity index (χ4v) is 1.26. The molecule has 0 aliphatic carbocycles. The van der Waals surface area contributed by atoms with Crippen LogP contribution in [0, 0.1) is 5.82 Å². The van der Waals surface area contributed by atoms with Crippen molar-refractivity contribution in [1.29, 1.82) is 0 Å². The molecule has 1 aromatic carbocycles. The molecule has 0 radical (unpaired) electrons. The van der Waals surface area contributed by atoms with E-state index in [1.165, 1.54) is 18.2 Å². The summed E-state index contributed by atoms with van der Waals surface area (Å²) in [4.78, 5) is 11.5. The highest BCUT2D eigenvalue weighted by Gasteiger charge is 2.17. The van der Waals surface area contributed by atoms with Crippen LogP contribution < -0.4 is 5.73 Å². The zero-order valence-corrected chi connectivity index (χ0v) is 9.71. The van der Waals surface area contributed by atoms with Crippen LogP contribution in [-0.2, 0) is 16.0 Å². The molecule has 1 rings (SSSR count). The molecule has 0 saturated heterocycles. The van der Waals surface area contributed by atoms with Gasteiger partial charge in [-0.25, -0.2) is 4.39 Å². The Bertz CT molecular complexity index is 396. The topological polar surface area (TPSA) is 52.3 Å². The third-order valence-electron chi connectivity index (χ3n) is 1.86. The Morgan fingerprint density at radius 1 is 1.44 bits per heavy atom. The number of halogens is 1. The number of hydrogen-bond acceptors (Lipinski definition) is 3. The molecule has 16 heavy (non-hydrogen) atoms. The van der Waals surface area contributed by atoms with Crippen molar-refractivity contribution in [3.05, 3.63) is 29.6 Å². The van der Waals surface area contributed by atoms with E-state index in [-0.39, 0.29) is 18.1 Å². The average molecular weight is 225 g/mol. The van der Waals surface area contributed by atoms with Crippen molar-refractivity contribution in [2.24, 2.45) is 0 Å². The van der Waals surface area contributed by atoms with Crippen molar-refractivity contribution in [2.75, 3.05) is 5.73 Å². The molecule has 0 saturated carbocycles. The van der Waals surface area contributed by atoms with Gasteiger partial charge in [0.25, 0.3) is 0 Å². The van der Waals surface area contributed by atoms with E-state index >= 15 is 0 Å². The van der Waals surface area contributed by atoms with Crippen molar-refractivity contribution in [1.82, 2.24) is 0 Å². The first-order chi connectivity index (χ1) is 7.28. The molecule has 0 heterocycles. The lowest BCUT2D eigenvalue weighted by molar-refractivity contribution is -0.153. The molecule has 0 atom stereocenters. The Labute approximate surface area is 94.4 Å². The van der Waals surface area contributed by atoms with Crippen molar-refractivity contribution in [3.8, 4) is 0 Å². The molecule has 0 bridgehead atoms. The molecule has 1 aromatic rings. The van der Waals surface area contributed by atoms with Crippen LogP contribution in [0.15, 0.2) is 18.2 Å². The molecule has 4 heteroatoms. The number of rotatable bonds is 2. The molecule has 3 nitrogen and oxygen atoms in total. The maximum atomic E-state index is 12.8. The third kappa shape index (κ3) is 3.88. The number of hydrogen-bond donors (Lipinski definition) is 1. The lowest BCUT2D eigenvalue weighted by Gasteiger charge is -2.19. The van der Waals surface area contributed by atoms with Gasteiger partial charge in [-0.3, -0.25) is 4.79 Å². The van der Waals surface area contributed by atoms with Gasteiger partial charge in [0, 0.05) is 5.69 Å². The summed E-state index contributed by atoms with van der Waals surface area (Å²) in [6.45, 7) is 5.37. The second kappa shape index (κ2) is 4.51. The molecule has 0 aromatic heterocycles. The fraction of sp³-hybridized carbons (Fsp3) is 0.417. The summed E-state index contributed by atoms with van der Waals surface area (Å²) in [5.41, 5.74) is 5.91. The van der Waals surface area contributed by atoms with Gasteiger partial charge in [-0.1, -0.05) is 6.07 Å². The van der Waals surface area contributed by atoms with Gasteiger partial charge in [-0.2, -0.15) is 0 Å². The van der Waals surface area contributed by atoms with Gasteiger partial charge in [-0.05, 0) is 38.5 Å².